The highest BCUT2D eigenvalue weighted by Crippen LogP contribution is 2.42. The number of benzene rings is 2. The van der Waals surface area contributed by atoms with Gasteiger partial charge in [0.25, 0.3) is 0 Å². The molecule has 6 rings (SSSR count). The molecule has 4 heterocycles. The van der Waals surface area contributed by atoms with Crippen molar-refractivity contribution in [2.45, 2.75) is 19.8 Å². The van der Waals surface area contributed by atoms with Gasteiger partial charge >= 0.3 is 5.97 Å². The number of amides is 1. The largest absolute Gasteiger partial charge is 0.471 e. The molecule has 1 amide bonds. The van der Waals surface area contributed by atoms with Crippen LogP contribution in [0.1, 0.15) is 13.8 Å². The van der Waals surface area contributed by atoms with Crippen molar-refractivity contribution < 1.29 is 14.4 Å². The van der Waals surface area contributed by atoms with Gasteiger partial charge in [0, 0.05) is 56.3 Å². The highest BCUT2D eigenvalue weighted by atomic mass is 16.7. The van der Waals surface area contributed by atoms with Crippen LogP contribution in [-0.4, -0.2) is 55.9 Å². The number of rotatable bonds is 4. The summed E-state index contributed by atoms with van der Waals surface area (Å²) < 4.78 is 5.57. The second-order valence-corrected chi connectivity index (χ2v) is 8.75. The Morgan fingerprint density at radius 1 is 1.09 bits per heavy atom. The van der Waals surface area contributed by atoms with Gasteiger partial charge in [0.05, 0.1) is 11.4 Å². The first-order chi connectivity index (χ1) is 16.5. The number of hydroxylamine groups is 1. The number of hydrogen-bond donors (Lipinski definition) is 3. The maximum atomic E-state index is 11.6. The predicted octanol–water partition coefficient (Wildman–Crippen LogP) is 2.50. The molecule has 0 aliphatic carbocycles. The normalized spacial score (nSPS) is 22.8. The molecule has 0 saturated carbocycles. The maximum absolute atomic E-state index is 11.6. The SMILES string of the molecule is CC(=O)N1CCN(c2ccc(NC34N=CC(C)=C(NO3)N4c3ccc4c(c3)NCO4)cc2)CC1. The first-order valence-electron chi connectivity index (χ1n) is 11.4. The lowest BCUT2D eigenvalue weighted by atomic mass is 10.2. The van der Waals surface area contributed by atoms with Gasteiger partial charge in [-0.3, -0.25) is 9.69 Å². The van der Waals surface area contributed by atoms with Crippen LogP contribution >= 0.6 is 0 Å². The smallest absolute Gasteiger partial charge is 0.351 e. The molecule has 4 aliphatic rings. The number of nitrogens with one attached hydrogen (secondary N) is 3. The van der Waals surface area contributed by atoms with Gasteiger partial charge in [-0.1, -0.05) is 0 Å². The molecule has 0 spiro atoms. The van der Waals surface area contributed by atoms with E-state index in [-0.39, 0.29) is 5.91 Å². The Kier molecular flexibility index (Phi) is 4.77. The zero-order valence-corrected chi connectivity index (χ0v) is 19.2. The minimum absolute atomic E-state index is 0.136. The van der Waals surface area contributed by atoms with E-state index in [4.69, 9.17) is 14.6 Å². The van der Waals surface area contributed by atoms with Gasteiger partial charge in [0.15, 0.2) is 6.73 Å². The molecular weight excluding hydrogens is 434 g/mol. The molecule has 10 nitrogen and oxygen atoms in total. The van der Waals surface area contributed by atoms with Gasteiger partial charge in [-0.25, -0.2) is 15.3 Å². The zero-order chi connectivity index (χ0) is 23.3. The molecule has 34 heavy (non-hydrogen) atoms. The van der Waals surface area contributed by atoms with Crippen LogP contribution in [0.3, 0.4) is 0 Å². The minimum atomic E-state index is -1.16. The lowest BCUT2D eigenvalue weighted by Crippen LogP contribution is -2.51. The van der Waals surface area contributed by atoms with E-state index >= 15 is 0 Å². The van der Waals surface area contributed by atoms with Crippen molar-refractivity contribution in [2.24, 2.45) is 4.99 Å². The standard InChI is InChI=1S/C24H27N7O3/c1-16-14-26-24(31(23(16)28-34-24)20-7-8-22-21(13-20)25-15-33-22)27-18-3-5-19(6-4-18)30-11-9-29(10-12-30)17(2)32/h3-8,13-14,25,27-28H,9-12,15H2,1-2H3. The summed E-state index contributed by atoms with van der Waals surface area (Å²) in [5.74, 6) is 0.646. The number of fused-ring (bicyclic) bond motifs is 3. The van der Waals surface area contributed by atoms with Crippen molar-refractivity contribution >= 4 is 34.9 Å². The predicted molar refractivity (Wildman–Crippen MR) is 131 cm³/mol. The van der Waals surface area contributed by atoms with E-state index in [0.717, 1.165) is 66.1 Å². The highest BCUT2D eigenvalue weighted by Gasteiger charge is 2.49. The Balaban J connectivity index is 1.24. The van der Waals surface area contributed by atoms with Crippen molar-refractivity contribution in [3.63, 3.8) is 0 Å². The summed E-state index contributed by atoms with van der Waals surface area (Å²) in [7, 11) is 0. The summed E-state index contributed by atoms with van der Waals surface area (Å²) in [6.45, 7) is 7.23. The van der Waals surface area contributed by atoms with Crippen molar-refractivity contribution in [3.05, 3.63) is 53.9 Å². The average molecular weight is 462 g/mol. The third-order valence-electron chi connectivity index (χ3n) is 6.60. The number of carbonyl (C=O) groups is 1. The Morgan fingerprint density at radius 2 is 1.85 bits per heavy atom. The number of ether oxygens (including phenoxy) is 1. The van der Waals surface area contributed by atoms with Gasteiger partial charge in [-0.15, -0.1) is 0 Å². The van der Waals surface area contributed by atoms with Gasteiger partial charge < -0.3 is 25.2 Å². The Labute approximate surface area is 197 Å². The molecule has 176 valence electrons. The van der Waals surface area contributed by atoms with E-state index in [0.29, 0.717) is 6.73 Å². The molecular formula is C24H27N7O3. The van der Waals surface area contributed by atoms with Gasteiger partial charge in [-0.05, 0) is 49.4 Å². The quantitative estimate of drug-likeness (QED) is 0.640. The molecule has 0 aromatic heterocycles. The lowest BCUT2D eigenvalue weighted by Gasteiger charge is -2.37. The summed E-state index contributed by atoms with van der Waals surface area (Å²) in [6.07, 6.45) is 1.82. The van der Waals surface area contributed by atoms with Gasteiger partial charge in [0.2, 0.25) is 5.91 Å². The highest BCUT2D eigenvalue weighted by molar-refractivity contribution is 5.85. The van der Waals surface area contributed by atoms with E-state index in [1.165, 1.54) is 0 Å². The fourth-order valence-corrected chi connectivity index (χ4v) is 4.70. The summed E-state index contributed by atoms with van der Waals surface area (Å²) in [5.41, 5.74) is 7.88. The number of anilines is 4. The number of carbonyl (C=O) groups excluding carboxylic acids is 1. The molecule has 1 atom stereocenters. The van der Waals surface area contributed by atoms with Crippen LogP contribution < -0.4 is 30.7 Å². The first kappa shape index (κ1) is 20.7. The summed E-state index contributed by atoms with van der Waals surface area (Å²) in [6, 6.07) is 14.2. The van der Waals surface area contributed by atoms with Crippen LogP contribution in [-0.2, 0) is 9.63 Å². The van der Waals surface area contributed by atoms with E-state index < -0.39 is 5.97 Å². The molecule has 10 heteroatoms. The average Bonchev–Trinajstić information content (AvgIpc) is 3.44. The number of nitrogens with zero attached hydrogens (tertiary/aromatic N) is 4. The van der Waals surface area contributed by atoms with Crippen LogP contribution in [0, 0.1) is 0 Å². The zero-order valence-electron chi connectivity index (χ0n) is 19.2. The Morgan fingerprint density at radius 3 is 2.62 bits per heavy atom. The first-order valence-corrected chi connectivity index (χ1v) is 11.4. The molecule has 2 bridgehead atoms. The molecule has 3 N–H and O–H groups in total. The van der Waals surface area contributed by atoms with E-state index in [1.807, 2.05) is 53.3 Å². The van der Waals surface area contributed by atoms with Crippen LogP contribution in [0.5, 0.6) is 5.75 Å². The summed E-state index contributed by atoms with van der Waals surface area (Å²) >= 11 is 0. The van der Waals surface area contributed by atoms with Crippen LogP contribution in [0.15, 0.2) is 58.9 Å². The van der Waals surface area contributed by atoms with E-state index in [1.54, 1.807) is 6.92 Å². The Bertz CT molecular complexity index is 1190. The second kappa shape index (κ2) is 7.84. The van der Waals surface area contributed by atoms with Crippen molar-refractivity contribution in [1.29, 1.82) is 0 Å². The fraction of sp³-hybridized carbons (Fsp3) is 0.333. The number of allylic oxidation sites excluding steroid dienone is 1. The van der Waals surface area contributed by atoms with Crippen LogP contribution in [0.4, 0.5) is 22.7 Å². The molecule has 2 aromatic rings. The molecule has 1 unspecified atom stereocenters. The molecule has 4 aliphatic heterocycles. The molecule has 0 radical (unpaired) electrons. The topological polar surface area (TPSA) is 93.7 Å². The van der Waals surface area contributed by atoms with Gasteiger partial charge in [0.1, 0.15) is 11.6 Å². The van der Waals surface area contributed by atoms with Crippen LogP contribution in [0.2, 0.25) is 0 Å². The van der Waals surface area contributed by atoms with Crippen molar-refractivity contribution in [1.82, 2.24) is 10.4 Å². The summed E-state index contributed by atoms with van der Waals surface area (Å²) in [5, 5.41) is 6.70. The number of hydrogen-bond acceptors (Lipinski definition) is 9. The van der Waals surface area contributed by atoms with E-state index in [9.17, 15) is 4.79 Å². The van der Waals surface area contributed by atoms with Crippen molar-refractivity contribution in [3.8, 4) is 5.75 Å². The monoisotopic (exact) mass is 461 g/mol. The second-order valence-electron chi connectivity index (χ2n) is 8.75. The molecule has 2 fully saturated rings. The summed E-state index contributed by atoms with van der Waals surface area (Å²) in [4.78, 5) is 28.5. The molecule has 2 saturated heterocycles. The third-order valence-corrected chi connectivity index (χ3v) is 6.60. The number of aliphatic imine (C=N–C) groups is 1. The minimum Gasteiger partial charge on any atom is -0.471 e. The number of piperazine rings is 1. The van der Waals surface area contributed by atoms with Gasteiger partial charge in [-0.2, -0.15) is 0 Å². The molecule has 2 aromatic carbocycles. The third kappa shape index (κ3) is 3.38. The fourth-order valence-electron chi connectivity index (χ4n) is 4.70. The maximum Gasteiger partial charge on any atom is 0.351 e. The lowest BCUT2D eigenvalue weighted by molar-refractivity contribution is -0.129. The Hall–Kier alpha value is -3.92. The van der Waals surface area contributed by atoms with Crippen LogP contribution in [0.25, 0.3) is 0 Å². The van der Waals surface area contributed by atoms with E-state index in [2.05, 4.69) is 33.1 Å². The van der Waals surface area contributed by atoms with Crippen molar-refractivity contribution in [2.75, 3.05) is 53.3 Å².